The van der Waals surface area contributed by atoms with Gasteiger partial charge < -0.3 is 9.47 Å². The molecule has 3 aromatic carbocycles. The number of benzene rings is 3. The van der Waals surface area contributed by atoms with Crippen molar-refractivity contribution in [1.82, 2.24) is 4.98 Å². The van der Waals surface area contributed by atoms with Crippen LogP contribution in [-0.2, 0) is 11.3 Å². The molecule has 160 valence electrons. The van der Waals surface area contributed by atoms with Crippen molar-refractivity contribution in [2.75, 3.05) is 11.7 Å². The zero-order valence-corrected chi connectivity index (χ0v) is 18.7. The lowest BCUT2D eigenvalue weighted by atomic mass is 10.1. The topological polar surface area (TPSA) is 51.7 Å². The zero-order valence-electron chi connectivity index (χ0n) is 17.9. The molecule has 0 unspecified atom stereocenters. The van der Waals surface area contributed by atoms with E-state index in [-0.39, 0.29) is 12.7 Å². The molecule has 5 rings (SSSR count). The van der Waals surface area contributed by atoms with Gasteiger partial charge in [0.25, 0.3) is 5.91 Å². The molecular formula is C26H22N2O3S. The first kappa shape index (κ1) is 20.3. The summed E-state index contributed by atoms with van der Waals surface area (Å²) in [6, 6.07) is 19.8. The Morgan fingerprint density at radius 2 is 1.88 bits per heavy atom. The van der Waals surface area contributed by atoms with Crippen LogP contribution in [0.2, 0.25) is 0 Å². The van der Waals surface area contributed by atoms with Crippen LogP contribution in [0.5, 0.6) is 11.5 Å². The molecule has 1 aliphatic rings. The minimum atomic E-state index is -0.125. The number of carbonyl (C=O) groups excluding carboxylic acids is 1. The largest absolute Gasteiger partial charge is 0.454 e. The van der Waals surface area contributed by atoms with Gasteiger partial charge in [-0.25, -0.2) is 4.98 Å². The van der Waals surface area contributed by atoms with E-state index >= 15 is 0 Å². The third kappa shape index (κ3) is 3.97. The van der Waals surface area contributed by atoms with Gasteiger partial charge in [0.15, 0.2) is 16.6 Å². The van der Waals surface area contributed by atoms with Gasteiger partial charge in [-0.05, 0) is 60.4 Å². The number of aryl methyl sites for hydroxylation is 2. The predicted molar refractivity (Wildman–Crippen MR) is 128 cm³/mol. The number of thiazole rings is 1. The summed E-state index contributed by atoms with van der Waals surface area (Å²) in [5.74, 6) is 1.29. The Morgan fingerprint density at radius 3 is 2.72 bits per heavy atom. The van der Waals surface area contributed by atoms with E-state index in [0.717, 1.165) is 32.7 Å². The van der Waals surface area contributed by atoms with Crippen molar-refractivity contribution in [2.45, 2.75) is 20.4 Å². The number of amides is 1. The molecule has 4 aromatic rings. The Hall–Kier alpha value is -3.64. The highest BCUT2D eigenvalue weighted by Crippen LogP contribution is 2.34. The van der Waals surface area contributed by atoms with E-state index in [1.54, 1.807) is 17.1 Å². The molecule has 6 heteroatoms. The van der Waals surface area contributed by atoms with Gasteiger partial charge in [0.05, 0.1) is 16.8 Å². The van der Waals surface area contributed by atoms with Gasteiger partial charge in [-0.15, -0.1) is 0 Å². The third-order valence-electron chi connectivity index (χ3n) is 5.57. The number of rotatable bonds is 5. The van der Waals surface area contributed by atoms with Gasteiger partial charge in [-0.2, -0.15) is 0 Å². The fourth-order valence-corrected chi connectivity index (χ4v) is 4.64. The summed E-state index contributed by atoms with van der Waals surface area (Å²) in [4.78, 5) is 19.9. The molecule has 5 nitrogen and oxygen atoms in total. The number of nitrogens with zero attached hydrogens (tertiary/aromatic N) is 2. The van der Waals surface area contributed by atoms with Gasteiger partial charge in [0.2, 0.25) is 6.79 Å². The van der Waals surface area contributed by atoms with Crippen LogP contribution in [0.1, 0.15) is 22.3 Å². The number of hydrogen-bond donors (Lipinski definition) is 0. The fourth-order valence-electron chi connectivity index (χ4n) is 3.61. The Bertz CT molecular complexity index is 1330. The summed E-state index contributed by atoms with van der Waals surface area (Å²) in [5.41, 5.74) is 5.21. The zero-order chi connectivity index (χ0) is 22.1. The van der Waals surface area contributed by atoms with Gasteiger partial charge in [0, 0.05) is 6.08 Å². The van der Waals surface area contributed by atoms with E-state index in [2.05, 4.69) is 26.0 Å². The summed E-state index contributed by atoms with van der Waals surface area (Å²) < 4.78 is 11.9. The van der Waals surface area contributed by atoms with Gasteiger partial charge >= 0.3 is 0 Å². The summed E-state index contributed by atoms with van der Waals surface area (Å²) in [6.45, 7) is 4.82. The number of ether oxygens (including phenoxy) is 2. The molecule has 0 N–H and O–H groups in total. The van der Waals surface area contributed by atoms with Crippen LogP contribution in [0.25, 0.3) is 16.3 Å². The van der Waals surface area contributed by atoms with Crippen molar-refractivity contribution < 1.29 is 14.3 Å². The summed E-state index contributed by atoms with van der Waals surface area (Å²) in [6.07, 6.45) is 3.38. The van der Waals surface area contributed by atoms with Crippen LogP contribution >= 0.6 is 11.3 Å². The van der Waals surface area contributed by atoms with Crippen LogP contribution in [0.3, 0.4) is 0 Å². The van der Waals surface area contributed by atoms with Crippen molar-refractivity contribution in [3.8, 4) is 11.5 Å². The Kier molecular flexibility index (Phi) is 5.37. The molecule has 2 heterocycles. The molecule has 0 aliphatic carbocycles. The summed E-state index contributed by atoms with van der Waals surface area (Å²) in [7, 11) is 0. The van der Waals surface area contributed by atoms with Gasteiger partial charge in [-0.1, -0.05) is 53.8 Å². The van der Waals surface area contributed by atoms with Crippen molar-refractivity contribution >= 4 is 38.7 Å². The standard InChI is InChI=1S/C26H22N2O3S/c1-17-8-12-23-25(18(17)2)27-26(32-23)28(15-20-6-4-3-5-7-20)24(29)13-10-19-9-11-21-22(14-19)31-16-30-21/h3-14H,15-16H2,1-2H3/b13-10+. The molecule has 0 fully saturated rings. The normalized spacial score (nSPS) is 12.6. The first-order valence-electron chi connectivity index (χ1n) is 10.4. The monoisotopic (exact) mass is 442 g/mol. The lowest BCUT2D eigenvalue weighted by molar-refractivity contribution is -0.114. The highest BCUT2D eigenvalue weighted by Gasteiger charge is 2.20. The molecule has 0 spiro atoms. The predicted octanol–water partition coefficient (Wildman–Crippen LogP) is 5.89. The maximum absolute atomic E-state index is 13.3. The second-order valence-corrected chi connectivity index (χ2v) is 8.72. The molecule has 0 radical (unpaired) electrons. The molecule has 1 aliphatic heterocycles. The van der Waals surface area contributed by atoms with Gasteiger partial charge in [-0.3, -0.25) is 9.69 Å². The Labute approximate surface area is 190 Å². The first-order valence-corrected chi connectivity index (χ1v) is 11.2. The van der Waals surface area contributed by atoms with E-state index in [4.69, 9.17) is 14.5 Å². The highest BCUT2D eigenvalue weighted by molar-refractivity contribution is 7.22. The smallest absolute Gasteiger partial charge is 0.253 e. The van der Waals surface area contributed by atoms with Crippen molar-refractivity contribution in [3.63, 3.8) is 0 Å². The number of carbonyl (C=O) groups is 1. The third-order valence-corrected chi connectivity index (χ3v) is 6.61. The molecule has 32 heavy (non-hydrogen) atoms. The maximum Gasteiger partial charge on any atom is 0.253 e. The van der Waals surface area contributed by atoms with Crippen LogP contribution in [0.4, 0.5) is 5.13 Å². The van der Waals surface area contributed by atoms with Crippen LogP contribution in [0, 0.1) is 13.8 Å². The Morgan fingerprint density at radius 1 is 1.06 bits per heavy atom. The van der Waals surface area contributed by atoms with Crippen LogP contribution < -0.4 is 14.4 Å². The molecule has 0 bridgehead atoms. The minimum Gasteiger partial charge on any atom is -0.454 e. The Balaban J connectivity index is 1.48. The number of hydrogen-bond acceptors (Lipinski definition) is 5. The van der Waals surface area contributed by atoms with E-state index in [1.807, 2.05) is 48.5 Å². The quantitative estimate of drug-likeness (QED) is 0.362. The van der Waals surface area contributed by atoms with Gasteiger partial charge in [0.1, 0.15) is 0 Å². The molecule has 0 atom stereocenters. The van der Waals surface area contributed by atoms with E-state index in [1.165, 1.54) is 16.9 Å². The average Bonchev–Trinajstić information content (AvgIpc) is 3.46. The lowest BCUT2D eigenvalue weighted by Crippen LogP contribution is -2.28. The van der Waals surface area contributed by atoms with E-state index in [9.17, 15) is 4.79 Å². The SMILES string of the molecule is Cc1ccc2sc(N(Cc3ccccc3)C(=O)/C=C/c3ccc4c(c3)OCO4)nc2c1C. The second-order valence-electron chi connectivity index (χ2n) is 7.71. The van der Waals surface area contributed by atoms with E-state index < -0.39 is 0 Å². The second kappa shape index (κ2) is 8.48. The average molecular weight is 443 g/mol. The van der Waals surface area contributed by atoms with Crippen LogP contribution in [-0.4, -0.2) is 17.7 Å². The number of fused-ring (bicyclic) bond motifs is 2. The number of anilines is 1. The summed E-state index contributed by atoms with van der Waals surface area (Å²) in [5, 5.41) is 0.692. The van der Waals surface area contributed by atoms with Crippen molar-refractivity contribution in [3.05, 3.63) is 89.0 Å². The molecule has 1 aromatic heterocycles. The minimum absolute atomic E-state index is 0.125. The first-order chi connectivity index (χ1) is 15.6. The van der Waals surface area contributed by atoms with Crippen molar-refractivity contribution in [1.29, 1.82) is 0 Å². The molecular weight excluding hydrogens is 420 g/mol. The fraction of sp³-hybridized carbons (Fsp3) is 0.154. The molecule has 0 saturated carbocycles. The highest BCUT2D eigenvalue weighted by atomic mass is 32.1. The summed E-state index contributed by atoms with van der Waals surface area (Å²) >= 11 is 1.54. The van der Waals surface area contributed by atoms with Crippen LogP contribution in [0.15, 0.2) is 66.7 Å². The molecule has 1 amide bonds. The van der Waals surface area contributed by atoms with E-state index in [0.29, 0.717) is 17.4 Å². The lowest BCUT2D eigenvalue weighted by Gasteiger charge is -2.18. The molecule has 0 saturated heterocycles. The van der Waals surface area contributed by atoms with Crippen molar-refractivity contribution in [2.24, 2.45) is 0 Å². The number of aromatic nitrogens is 1. The maximum atomic E-state index is 13.3.